The van der Waals surface area contributed by atoms with Crippen LogP contribution in [0.3, 0.4) is 0 Å². The highest BCUT2D eigenvalue weighted by Crippen LogP contribution is 2.30. The molecule has 1 aliphatic heterocycles. The Labute approximate surface area is 183 Å². The molecule has 2 heterocycles. The van der Waals surface area contributed by atoms with E-state index in [1.54, 1.807) is 6.08 Å². The third-order valence-electron chi connectivity index (χ3n) is 5.50. The van der Waals surface area contributed by atoms with Crippen molar-refractivity contribution < 1.29 is 14.3 Å². The Bertz CT molecular complexity index is 1020. The van der Waals surface area contributed by atoms with Crippen LogP contribution in [0, 0.1) is 0 Å². The van der Waals surface area contributed by atoms with Crippen LogP contribution in [0.4, 0.5) is 0 Å². The van der Waals surface area contributed by atoms with Crippen LogP contribution >= 0.6 is 0 Å². The van der Waals surface area contributed by atoms with E-state index in [2.05, 4.69) is 33.5 Å². The third kappa shape index (κ3) is 5.16. The van der Waals surface area contributed by atoms with E-state index in [0.29, 0.717) is 25.4 Å². The van der Waals surface area contributed by atoms with Crippen molar-refractivity contribution in [1.82, 2.24) is 14.8 Å². The smallest absolute Gasteiger partial charge is 0.268 e. The van der Waals surface area contributed by atoms with Gasteiger partial charge in [0.15, 0.2) is 0 Å². The Kier molecular flexibility index (Phi) is 7.02. The van der Waals surface area contributed by atoms with Gasteiger partial charge in [-0.15, -0.1) is 0 Å². The van der Waals surface area contributed by atoms with E-state index in [1.807, 2.05) is 42.5 Å². The van der Waals surface area contributed by atoms with Gasteiger partial charge < -0.3 is 19.4 Å². The van der Waals surface area contributed by atoms with Gasteiger partial charge in [-0.05, 0) is 23.8 Å². The van der Waals surface area contributed by atoms with Crippen LogP contribution < -0.4 is 10.1 Å². The summed E-state index contributed by atoms with van der Waals surface area (Å²) in [7, 11) is 0. The predicted molar refractivity (Wildman–Crippen MR) is 123 cm³/mol. The molecule has 0 spiro atoms. The van der Waals surface area contributed by atoms with Crippen molar-refractivity contribution in [1.29, 1.82) is 0 Å². The SMILES string of the molecule is C=CCOc1cccc2c1cc(C(=O)NCCN1CCOCC1)n2Cc1ccccc1. The number of hydrogen-bond donors (Lipinski definition) is 1. The lowest BCUT2D eigenvalue weighted by Crippen LogP contribution is -2.41. The number of hydrogen-bond acceptors (Lipinski definition) is 4. The molecule has 1 saturated heterocycles. The van der Waals surface area contributed by atoms with Gasteiger partial charge in [-0.1, -0.05) is 49.1 Å². The average Bonchev–Trinajstić information content (AvgIpc) is 3.18. The van der Waals surface area contributed by atoms with Crippen molar-refractivity contribution in [2.75, 3.05) is 46.0 Å². The van der Waals surface area contributed by atoms with Gasteiger partial charge in [-0.2, -0.15) is 0 Å². The number of morpholine rings is 1. The number of rotatable bonds is 9. The van der Waals surface area contributed by atoms with Crippen molar-refractivity contribution in [3.05, 3.63) is 78.5 Å². The Balaban J connectivity index is 1.59. The second-order valence-electron chi connectivity index (χ2n) is 7.60. The van der Waals surface area contributed by atoms with Crippen LogP contribution in [-0.2, 0) is 11.3 Å². The summed E-state index contributed by atoms with van der Waals surface area (Å²) < 4.78 is 13.3. The van der Waals surface area contributed by atoms with Gasteiger partial charge in [0, 0.05) is 38.1 Å². The summed E-state index contributed by atoms with van der Waals surface area (Å²) in [5.74, 6) is 0.682. The number of fused-ring (bicyclic) bond motifs is 1. The molecule has 6 nitrogen and oxygen atoms in total. The number of amides is 1. The van der Waals surface area contributed by atoms with E-state index in [1.165, 1.54) is 0 Å². The topological polar surface area (TPSA) is 55.7 Å². The van der Waals surface area contributed by atoms with E-state index in [-0.39, 0.29) is 5.91 Å². The molecule has 31 heavy (non-hydrogen) atoms. The second-order valence-corrected chi connectivity index (χ2v) is 7.60. The molecule has 0 saturated carbocycles. The first-order valence-corrected chi connectivity index (χ1v) is 10.7. The molecule has 0 radical (unpaired) electrons. The maximum Gasteiger partial charge on any atom is 0.268 e. The van der Waals surface area contributed by atoms with Crippen molar-refractivity contribution >= 4 is 16.8 Å². The molecule has 162 valence electrons. The van der Waals surface area contributed by atoms with Crippen LogP contribution in [-0.4, -0.2) is 61.4 Å². The monoisotopic (exact) mass is 419 g/mol. The van der Waals surface area contributed by atoms with Crippen molar-refractivity contribution in [2.45, 2.75) is 6.54 Å². The largest absolute Gasteiger partial charge is 0.489 e. The zero-order valence-corrected chi connectivity index (χ0v) is 17.8. The highest BCUT2D eigenvalue weighted by Gasteiger charge is 2.19. The van der Waals surface area contributed by atoms with Crippen LogP contribution in [0.5, 0.6) is 5.75 Å². The molecule has 0 aliphatic carbocycles. The van der Waals surface area contributed by atoms with Crippen LogP contribution in [0.2, 0.25) is 0 Å². The lowest BCUT2D eigenvalue weighted by atomic mass is 10.2. The fourth-order valence-electron chi connectivity index (χ4n) is 3.90. The molecular weight excluding hydrogens is 390 g/mol. The molecule has 0 unspecified atom stereocenters. The first-order valence-electron chi connectivity index (χ1n) is 10.7. The number of carbonyl (C=O) groups excluding carboxylic acids is 1. The number of nitrogens with zero attached hydrogens (tertiary/aromatic N) is 2. The second kappa shape index (κ2) is 10.3. The van der Waals surface area contributed by atoms with Gasteiger partial charge in [0.1, 0.15) is 18.1 Å². The Morgan fingerprint density at radius 2 is 1.94 bits per heavy atom. The minimum atomic E-state index is -0.0740. The number of carbonyl (C=O) groups is 1. The summed E-state index contributed by atoms with van der Waals surface area (Å²) in [6.45, 7) is 9.52. The molecule has 0 atom stereocenters. The molecule has 0 bridgehead atoms. The molecule has 1 aromatic heterocycles. The van der Waals surface area contributed by atoms with Crippen LogP contribution in [0.25, 0.3) is 10.9 Å². The molecule has 3 aromatic rings. The summed E-state index contributed by atoms with van der Waals surface area (Å²) in [4.78, 5) is 15.5. The fraction of sp³-hybridized carbons (Fsp3) is 0.320. The van der Waals surface area contributed by atoms with Crippen molar-refractivity contribution in [3.8, 4) is 5.75 Å². The summed E-state index contributed by atoms with van der Waals surface area (Å²) >= 11 is 0. The lowest BCUT2D eigenvalue weighted by molar-refractivity contribution is 0.0383. The summed E-state index contributed by atoms with van der Waals surface area (Å²) in [6.07, 6.45) is 1.72. The van der Waals surface area contributed by atoms with Gasteiger partial charge in [-0.3, -0.25) is 9.69 Å². The molecular formula is C25H29N3O3. The number of aromatic nitrogens is 1. The molecule has 1 aliphatic rings. The first kappa shape index (κ1) is 21.2. The molecule has 4 rings (SSSR count). The maximum atomic E-state index is 13.2. The van der Waals surface area contributed by atoms with Crippen molar-refractivity contribution in [3.63, 3.8) is 0 Å². The minimum absolute atomic E-state index is 0.0740. The Morgan fingerprint density at radius 1 is 1.13 bits per heavy atom. The van der Waals surface area contributed by atoms with E-state index < -0.39 is 0 Å². The third-order valence-corrected chi connectivity index (χ3v) is 5.50. The van der Waals surface area contributed by atoms with E-state index >= 15 is 0 Å². The number of ether oxygens (including phenoxy) is 2. The van der Waals surface area contributed by atoms with Crippen LogP contribution in [0.1, 0.15) is 16.1 Å². The quantitative estimate of drug-likeness (QED) is 0.541. The predicted octanol–water partition coefficient (Wildman–Crippen LogP) is 3.32. The van der Waals surface area contributed by atoms with E-state index in [9.17, 15) is 4.79 Å². The van der Waals surface area contributed by atoms with Crippen LogP contribution in [0.15, 0.2) is 67.3 Å². The number of benzene rings is 2. The minimum Gasteiger partial charge on any atom is -0.489 e. The summed E-state index contributed by atoms with van der Waals surface area (Å²) in [5, 5.41) is 4.03. The average molecular weight is 420 g/mol. The van der Waals surface area contributed by atoms with Gasteiger partial charge in [0.05, 0.1) is 18.7 Å². The molecule has 1 fully saturated rings. The van der Waals surface area contributed by atoms with Gasteiger partial charge in [0.25, 0.3) is 5.91 Å². The zero-order valence-electron chi connectivity index (χ0n) is 17.8. The fourth-order valence-corrected chi connectivity index (χ4v) is 3.90. The van der Waals surface area contributed by atoms with Gasteiger partial charge in [0.2, 0.25) is 0 Å². The highest BCUT2D eigenvalue weighted by atomic mass is 16.5. The Morgan fingerprint density at radius 3 is 2.71 bits per heavy atom. The van der Waals surface area contributed by atoms with Gasteiger partial charge in [-0.25, -0.2) is 0 Å². The van der Waals surface area contributed by atoms with E-state index in [0.717, 1.165) is 55.1 Å². The summed E-state index contributed by atoms with van der Waals surface area (Å²) in [5.41, 5.74) is 2.75. The first-order chi connectivity index (χ1) is 15.3. The molecule has 2 aromatic carbocycles. The molecule has 1 N–H and O–H groups in total. The standard InChI is InChI=1S/C25H29N3O3/c1-2-15-31-24-10-6-9-22-21(24)18-23(28(22)19-20-7-4-3-5-8-20)25(29)26-11-12-27-13-16-30-17-14-27/h2-10,18H,1,11-17,19H2,(H,26,29). The molecule has 1 amide bonds. The zero-order chi connectivity index (χ0) is 21.5. The lowest BCUT2D eigenvalue weighted by Gasteiger charge is -2.26. The van der Waals surface area contributed by atoms with Gasteiger partial charge >= 0.3 is 0 Å². The Hall–Kier alpha value is -3.09. The highest BCUT2D eigenvalue weighted by molar-refractivity contribution is 6.00. The van der Waals surface area contributed by atoms with Crippen molar-refractivity contribution in [2.24, 2.45) is 0 Å². The molecule has 6 heteroatoms. The van der Waals surface area contributed by atoms with E-state index in [4.69, 9.17) is 9.47 Å². The maximum absolute atomic E-state index is 13.2. The summed E-state index contributed by atoms with van der Waals surface area (Å²) in [6, 6.07) is 18.0. The number of nitrogens with one attached hydrogen (secondary N) is 1. The normalized spacial score (nSPS) is 14.5.